The predicted octanol–water partition coefficient (Wildman–Crippen LogP) is 2.15. The fourth-order valence-electron chi connectivity index (χ4n) is 4.29. The van der Waals surface area contributed by atoms with Crippen LogP contribution in [0.5, 0.6) is 0 Å². The summed E-state index contributed by atoms with van der Waals surface area (Å²) in [5.41, 5.74) is 2.74. The minimum Gasteiger partial charge on any atom is -0.352 e. The summed E-state index contributed by atoms with van der Waals surface area (Å²) < 4.78 is 27.9. The zero-order valence-electron chi connectivity index (χ0n) is 19.4. The summed E-state index contributed by atoms with van der Waals surface area (Å²) in [6.45, 7) is 2.73. The fourth-order valence-corrected chi connectivity index (χ4v) is 5.21. The molecule has 1 N–H and O–H groups in total. The van der Waals surface area contributed by atoms with E-state index >= 15 is 0 Å². The number of fused-ring (bicyclic) bond motifs is 1. The monoisotopic (exact) mass is 469 g/mol. The van der Waals surface area contributed by atoms with Crippen molar-refractivity contribution in [2.75, 3.05) is 27.2 Å². The first kappa shape index (κ1) is 23.4. The van der Waals surface area contributed by atoms with Crippen LogP contribution in [0.4, 0.5) is 0 Å². The maximum absolute atomic E-state index is 12.6. The molecule has 0 spiro atoms. The van der Waals surface area contributed by atoms with E-state index in [1.165, 1.54) is 24.0 Å². The first-order valence-electron chi connectivity index (χ1n) is 11.2. The maximum atomic E-state index is 12.6. The molecule has 8 nitrogen and oxygen atoms in total. The third kappa shape index (κ3) is 5.26. The van der Waals surface area contributed by atoms with Gasteiger partial charge in [0, 0.05) is 59.7 Å². The standard InChI is InChI=1S/C24H31N5O3S/c1-27(2)33(31,32)20-9-10-22-21(15-20)26-23(28(22)3)11-12-24(30)25-19-13-14-29(17-19)16-18-7-5-4-6-8-18/h4-10,15,19H,11-14,16-17H2,1-3H3,(H,25,30). The Morgan fingerprint density at radius 2 is 1.94 bits per heavy atom. The molecule has 4 rings (SSSR count). The van der Waals surface area contributed by atoms with Gasteiger partial charge < -0.3 is 9.88 Å². The Bertz CT molecular complexity index is 1240. The number of imidazole rings is 1. The first-order chi connectivity index (χ1) is 15.7. The van der Waals surface area contributed by atoms with Gasteiger partial charge in [0.1, 0.15) is 5.82 Å². The Morgan fingerprint density at radius 3 is 2.67 bits per heavy atom. The van der Waals surface area contributed by atoms with E-state index in [2.05, 4.69) is 27.3 Å². The highest BCUT2D eigenvalue weighted by Crippen LogP contribution is 2.22. The van der Waals surface area contributed by atoms with Crippen LogP contribution >= 0.6 is 0 Å². The normalized spacial score (nSPS) is 17.2. The number of rotatable bonds is 8. The number of likely N-dealkylation sites (tertiary alicyclic amines) is 1. The van der Waals surface area contributed by atoms with E-state index in [9.17, 15) is 13.2 Å². The molecule has 176 valence electrons. The summed E-state index contributed by atoms with van der Waals surface area (Å²) in [6.07, 6.45) is 1.79. The highest BCUT2D eigenvalue weighted by Gasteiger charge is 2.24. The van der Waals surface area contributed by atoms with E-state index in [1.807, 2.05) is 29.8 Å². The lowest BCUT2D eigenvalue weighted by Crippen LogP contribution is -2.37. The molecule has 2 aromatic carbocycles. The van der Waals surface area contributed by atoms with Crippen LogP contribution in [0.15, 0.2) is 53.4 Å². The van der Waals surface area contributed by atoms with Crippen molar-refractivity contribution in [1.29, 1.82) is 0 Å². The summed E-state index contributed by atoms with van der Waals surface area (Å²) in [7, 11) is 1.38. The van der Waals surface area contributed by atoms with Crippen LogP contribution in [0.2, 0.25) is 0 Å². The molecule has 0 saturated carbocycles. The number of nitrogens with zero attached hydrogens (tertiary/aromatic N) is 4. The van der Waals surface area contributed by atoms with Crippen molar-refractivity contribution in [1.82, 2.24) is 24.1 Å². The summed E-state index contributed by atoms with van der Waals surface area (Å²) in [5, 5.41) is 3.16. The predicted molar refractivity (Wildman–Crippen MR) is 128 cm³/mol. The Labute approximate surface area is 195 Å². The van der Waals surface area contributed by atoms with E-state index in [0.717, 1.165) is 37.4 Å². The van der Waals surface area contributed by atoms with E-state index in [1.54, 1.807) is 18.2 Å². The quantitative estimate of drug-likeness (QED) is 0.546. The zero-order valence-corrected chi connectivity index (χ0v) is 20.2. The molecule has 1 atom stereocenters. The zero-order chi connectivity index (χ0) is 23.6. The van der Waals surface area contributed by atoms with Crippen LogP contribution in [0.25, 0.3) is 11.0 Å². The van der Waals surface area contributed by atoms with Gasteiger partial charge in [-0.2, -0.15) is 0 Å². The fraction of sp³-hybridized carbons (Fsp3) is 0.417. The van der Waals surface area contributed by atoms with Crippen molar-refractivity contribution in [2.45, 2.75) is 36.7 Å². The lowest BCUT2D eigenvalue weighted by atomic mass is 10.2. The molecule has 0 radical (unpaired) electrons. The van der Waals surface area contributed by atoms with E-state index in [4.69, 9.17) is 0 Å². The molecule has 1 aliphatic heterocycles. The number of aromatic nitrogens is 2. The third-order valence-corrected chi connectivity index (χ3v) is 8.00. The second kappa shape index (κ2) is 9.62. The van der Waals surface area contributed by atoms with Crippen molar-refractivity contribution < 1.29 is 13.2 Å². The molecule has 1 saturated heterocycles. The van der Waals surface area contributed by atoms with Crippen molar-refractivity contribution in [2.24, 2.45) is 7.05 Å². The second-order valence-corrected chi connectivity index (χ2v) is 11.0. The number of hydrogen-bond donors (Lipinski definition) is 1. The number of carbonyl (C=O) groups is 1. The van der Waals surface area contributed by atoms with E-state index in [0.29, 0.717) is 18.4 Å². The molecule has 9 heteroatoms. The number of aryl methyl sites for hydroxylation is 2. The van der Waals surface area contributed by atoms with Crippen LogP contribution < -0.4 is 5.32 Å². The van der Waals surface area contributed by atoms with Crippen LogP contribution in [-0.4, -0.2) is 66.3 Å². The van der Waals surface area contributed by atoms with E-state index < -0.39 is 10.0 Å². The van der Waals surface area contributed by atoms with Gasteiger partial charge in [0.05, 0.1) is 15.9 Å². The molecule has 0 bridgehead atoms. The Kier molecular flexibility index (Phi) is 6.83. The number of amides is 1. The molecular weight excluding hydrogens is 438 g/mol. The average Bonchev–Trinajstić information content (AvgIpc) is 3.36. The Balaban J connectivity index is 1.33. The Hall–Kier alpha value is -2.75. The molecule has 1 aliphatic rings. The summed E-state index contributed by atoms with van der Waals surface area (Å²) in [5.74, 6) is 0.779. The van der Waals surface area contributed by atoms with Crippen molar-refractivity contribution in [3.05, 3.63) is 59.9 Å². The van der Waals surface area contributed by atoms with Gasteiger partial charge in [-0.3, -0.25) is 9.69 Å². The number of nitrogens with one attached hydrogen (secondary N) is 1. The molecule has 33 heavy (non-hydrogen) atoms. The SMILES string of the molecule is CN(C)S(=O)(=O)c1ccc2c(c1)nc(CCC(=O)NC1CCN(Cc3ccccc3)C1)n2C. The molecule has 1 aromatic heterocycles. The highest BCUT2D eigenvalue weighted by molar-refractivity contribution is 7.89. The van der Waals surface area contributed by atoms with Gasteiger partial charge in [-0.15, -0.1) is 0 Å². The lowest BCUT2D eigenvalue weighted by molar-refractivity contribution is -0.121. The lowest BCUT2D eigenvalue weighted by Gasteiger charge is -2.16. The molecule has 1 unspecified atom stereocenters. The molecule has 2 heterocycles. The van der Waals surface area contributed by atoms with Gasteiger partial charge in [-0.1, -0.05) is 30.3 Å². The number of hydrogen-bond acceptors (Lipinski definition) is 5. The van der Waals surface area contributed by atoms with Crippen molar-refractivity contribution >= 4 is 27.0 Å². The topological polar surface area (TPSA) is 87.5 Å². The maximum Gasteiger partial charge on any atom is 0.242 e. The summed E-state index contributed by atoms with van der Waals surface area (Å²) in [4.78, 5) is 19.8. The summed E-state index contributed by atoms with van der Waals surface area (Å²) >= 11 is 0. The van der Waals surface area contributed by atoms with Gasteiger partial charge in [0.2, 0.25) is 15.9 Å². The van der Waals surface area contributed by atoms with Gasteiger partial charge in [-0.05, 0) is 30.2 Å². The average molecular weight is 470 g/mol. The third-order valence-electron chi connectivity index (χ3n) is 6.19. The van der Waals surface area contributed by atoms with Gasteiger partial charge in [0.25, 0.3) is 0 Å². The summed E-state index contributed by atoms with van der Waals surface area (Å²) in [6, 6.07) is 15.5. The van der Waals surface area contributed by atoms with Crippen LogP contribution in [0.1, 0.15) is 24.2 Å². The molecule has 1 fully saturated rings. The number of sulfonamides is 1. The van der Waals surface area contributed by atoms with Gasteiger partial charge in [0.15, 0.2) is 0 Å². The second-order valence-electron chi connectivity index (χ2n) is 8.80. The largest absolute Gasteiger partial charge is 0.352 e. The number of benzene rings is 2. The van der Waals surface area contributed by atoms with Gasteiger partial charge in [-0.25, -0.2) is 17.7 Å². The molecule has 1 amide bonds. The van der Waals surface area contributed by atoms with Crippen molar-refractivity contribution in [3.8, 4) is 0 Å². The van der Waals surface area contributed by atoms with Crippen LogP contribution in [0, 0.1) is 0 Å². The van der Waals surface area contributed by atoms with Gasteiger partial charge >= 0.3 is 0 Å². The minimum absolute atomic E-state index is 0.0180. The van der Waals surface area contributed by atoms with E-state index in [-0.39, 0.29) is 16.8 Å². The molecular formula is C24H31N5O3S. The molecule has 0 aliphatic carbocycles. The smallest absolute Gasteiger partial charge is 0.242 e. The minimum atomic E-state index is -3.52. The van der Waals surface area contributed by atoms with Crippen LogP contribution in [-0.2, 0) is 34.8 Å². The highest BCUT2D eigenvalue weighted by atomic mass is 32.2. The number of carbonyl (C=O) groups excluding carboxylic acids is 1. The van der Waals surface area contributed by atoms with Crippen molar-refractivity contribution in [3.63, 3.8) is 0 Å². The molecule has 3 aromatic rings. The Morgan fingerprint density at radius 1 is 1.18 bits per heavy atom. The van der Waals surface area contributed by atoms with Crippen LogP contribution in [0.3, 0.4) is 0 Å². The first-order valence-corrected chi connectivity index (χ1v) is 12.6.